The molecule has 0 saturated heterocycles. The zero-order valence-electron chi connectivity index (χ0n) is 11.0. The van der Waals surface area contributed by atoms with E-state index in [1.807, 2.05) is 0 Å². The van der Waals surface area contributed by atoms with Gasteiger partial charge in [-0.1, -0.05) is 20.3 Å². The van der Waals surface area contributed by atoms with E-state index < -0.39 is 0 Å². The van der Waals surface area contributed by atoms with Crippen LogP contribution in [0, 0.1) is 5.41 Å². The van der Waals surface area contributed by atoms with Gasteiger partial charge < -0.3 is 9.53 Å². The molecule has 0 saturated carbocycles. The van der Waals surface area contributed by atoms with E-state index in [0.29, 0.717) is 12.8 Å². The number of methoxy groups -OCH3 is 1. The molecule has 0 rings (SSSR count). The lowest BCUT2D eigenvalue weighted by Crippen LogP contribution is -2.19. The summed E-state index contributed by atoms with van der Waals surface area (Å²) >= 11 is 0. The Balaban J connectivity index is 4.20. The van der Waals surface area contributed by atoms with Crippen molar-refractivity contribution in [1.82, 2.24) is 0 Å². The first-order valence-corrected chi connectivity index (χ1v) is 6.00. The first-order valence-electron chi connectivity index (χ1n) is 6.00. The fourth-order valence-electron chi connectivity index (χ4n) is 1.96. The van der Waals surface area contributed by atoms with Gasteiger partial charge in [-0.3, -0.25) is 4.79 Å². The van der Waals surface area contributed by atoms with Gasteiger partial charge in [-0.25, -0.2) is 0 Å². The highest BCUT2D eigenvalue weighted by Gasteiger charge is 2.24. The summed E-state index contributed by atoms with van der Waals surface area (Å²) in [7, 11) is 1.41. The van der Waals surface area contributed by atoms with Crippen molar-refractivity contribution in [3.8, 4) is 0 Å². The highest BCUT2D eigenvalue weighted by Crippen LogP contribution is 2.34. The van der Waals surface area contributed by atoms with Crippen molar-refractivity contribution in [1.29, 1.82) is 0 Å². The predicted molar refractivity (Wildman–Crippen MR) is 64.2 cm³/mol. The lowest BCUT2D eigenvalue weighted by atomic mass is 9.77. The maximum Gasteiger partial charge on any atom is 0.305 e. The standard InChI is InChI=1S/C13H24O3/c1-5-8-13(3,9-6-11(2)14)10-7-12(15)16-4/h5-10H2,1-4H3. The number of carbonyl (C=O) groups excluding carboxylic acids is 2. The predicted octanol–water partition coefficient (Wildman–Crippen LogP) is 3.12. The van der Waals surface area contributed by atoms with Crippen LogP contribution in [-0.2, 0) is 14.3 Å². The molecule has 0 bridgehead atoms. The summed E-state index contributed by atoms with van der Waals surface area (Å²) < 4.78 is 4.64. The molecule has 0 aliphatic rings. The molecule has 1 atom stereocenters. The summed E-state index contributed by atoms with van der Waals surface area (Å²) in [5.74, 6) is 0.0607. The molecule has 0 spiro atoms. The van der Waals surface area contributed by atoms with Gasteiger partial charge in [0.25, 0.3) is 0 Å². The molecule has 0 aromatic carbocycles. The molecule has 0 amide bonds. The Morgan fingerprint density at radius 1 is 1.12 bits per heavy atom. The summed E-state index contributed by atoms with van der Waals surface area (Å²) in [5.41, 5.74) is 0.0919. The number of esters is 1. The molecular weight excluding hydrogens is 204 g/mol. The van der Waals surface area contributed by atoms with Crippen molar-refractivity contribution >= 4 is 11.8 Å². The van der Waals surface area contributed by atoms with Crippen LogP contribution >= 0.6 is 0 Å². The van der Waals surface area contributed by atoms with Gasteiger partial charge in [-0.15, -0.1) is 0 Å². The molecule has 0 fully saturated rings. The van der Waals surface area contributed by atoms with Crippen LogP contribution in [0.25, 0.3) is 0 Å². The molecule has 0 aromatic rings. The van der Waals surface area contributed by atoms with E-state index in [-0.39, 0.29) is 17.2 Å². The molecule has 0 aliphatic heterocycles. The van der Waals surface area contributed by atoms with Crippen LogP contribution in [0.4, 0.5) is 0 Å². The van der Waals surface area contributed by atoms with Crippen molar-refractivity contribution in [2.75, 3.05) is 7.11 Å². The lowest BCUT2D eigenvalue weighted by molar-refractivity contribution is -0.141. The SMILES string of the molecule is CCCC(C)(CCC(C)=O)CCC(=O)OC. The molecular formula is C13H24O3. The minimum Gasteiger partial charge on any atom is -0.469 e. The Bertz CT molecular complexity index is 235. The summed E-state index contributed by atoms with van der Waals surface area (Å²) in [4.78, 5) is 22.1. The van der Waals surface area contributed by atoms with Gasteiger partial charge in [0.1, 0.15) is 5.78 Å². The van der Waals surface area contributed by atoms with E-state index in [1.165, 1.54) is 7.11 Å². The van der Waals surface area contributed by atoms with Crippen LogP contribution in [0.1, 0.15) is 59.3 Å². The van der Waals surface area contributed by atoms with Crippen LogP contribution in [-0.4, -0.2) is 18.9 Å². The van der Waals surface area contributed by atoms with Crippen molar-refractivity contribution in [2.24, 2.45) is 5.41 Å². The maximum atomic E-state index is 11.1. The fourth-order valence-corrected chi connectivity index (χ4v) is 1.96. The molecule has 3 heteroatoms. The normalized spacial score (nSPS) is 14.2. The van der Waals surface area contributed by atoms with Crippen LogP contribution in [0.2, 0.25) is 0 Å². The van der Waals surface area contributed by atoms with Crippen LogP contribution in [0.3, 0.4) is 0 Å². The average molecular weight is 228 g/mol. The quantitative estimate of drug-likeness (QED) is 0.599. The average Bonchev–Trinajstić information content (AvgIpc) is 2.24. The van der Waals surface area contributed by atoms with Crippen LogP contribution < -0.4 is 0 Å². The van der Waals surface area contributed by atoms with E-state index in [1.54, 1.807) is 6.92 Å². The smallest absolute Gasteiger partial charge is 0.305 e. The van der Waals surface area contributed by atoms with Crippen molar-refractivity contribution in [3.05, 3.63) is 0 Å². The number of Topliss-reactive ketones (excluding diaryl/α,β-unsaturated/α-hetero) is 1. The Morgan fingerprint density at radius 3 is 2.12 bits per heavy atom. The Morgan fingerprint density at radius 2 is 1.69 bits per heavy atom. The highest BCUT2D eigenvalue weighted by molar-refractivity contribution is 5.75. The Labute approximate surface area is 98.6 Å². The molecule has 1 unspecified atom stereocenters. The van der Waals surface area contributed by atoms with Crippen molar-refractivity contribution in [2.45, 2.75) is 59.3 Å². The Kier molecular flexibility index (Phi) is 7.02. The minimum absolute atomic E-state index is 0.0919. The monoisotopic (exact) mass is 228 g/mol. The van der Waals surface area contributed by atoms with E-state index >= 15 is 0 Å². The zero-order valence-corrected chi connectivity index (χ0v) is 11.0. The molecule has 16 heavy (non-hydrogen) atoms. The lowest BCUT2D eigenvalue weighted by Gasteiger charge is -2.28. The first kappa shape index (κ1) is 15.1. The van der Waals surface area contributed by atoms with Gasteiger partial charge in [-0.05, 0) is 31.6 Å². The third-order valence-electron chi connectivity index (χ3n) is 3.09. The molecule has 0 heterocycles. The number of hydrogen-bond donors (Lipinski definition) is 0. The van der Waals surface area contributed by atoms with E-state index in [2.05, 4.69) is 18.6 Å². The van der Waals surface area contributed by atoms with Gasteiger partial charge in [-0.2, -0.15) is 0 Å². The second-order valence-electron chi connectivity index (χ2n) is 4.84. The third kappa shape index (κ3) is 6.59. The summed E-state index contributed by atoms with van der Waals surface area (Å²) in [6.07, 6.45) is 4.86. The summed E-state index contributed by atoms with van der Waals surface area (Å²) in [6, 6.07) is 0. The van der Waals surface area contributed by atoms with Gasteiger partial charge in [0.2, 0.25) is 0 Å². The van der Waals surface area contributed by atoms with Crippen molar-refractivity contribution in [3.63, 3.8) is 0 Å². The van der Waals surface area contributed by atoms with Crippen LogP contribution in [0.15, 0.2) is 0 Å². The molecule has 3 nitrogen and oxygen atoms in total. The molecule has 0 radical (unpaired) electrons. The largest absolute Gasteiger partial charge is 0.469 e. The van der Waals surface area contributed by atoms with E-state index in [4.69, 9.17) is 0 Å². The van der Waals surface area contributed by atoms with E-state index in [9.17, 15) is 9.59 Å². The molecule has 94 valence electrons. The van der Waals surface area contributed by atoms with Crippen molar-refractivity contribution < 1.29 is 14.3 Å². The second kappa shape index (κ2) is 7.42. The minimum atomic E-state index is -0.162. The Hall–Kier alpha value is -0.860. The highest BCUT2D eigenvalue weighted by atomic mass is 16.5. The number of ether oxygens (including phenoxy) is 1. The molecule has 0 aromatic heterocycles. The topological polar surface area (TPSA) is 43.4 Å². The number of ketones is 1. The summed E-state index contributed by atoms with van der Waals surface area (Å²) in [6.45, 7) is 5.90. The van der Waals surface area contributed by atoms with Crippen LogP contribution in [0.5, 0.6) is 0 Å². The van der Waals surface area contributed by atoms with Gasteiger partial charge in [0, 0.05) is 12.8 Å². The molecule has 0 N–H and O–H groups in total. The summed E-state index contributed by atoms with van der Waals surface area (Å²) in [5, 5.41) is 0. The van der Waals surface area contributed by atoms with Gasteiger partial charge in [0.15, 0.2) is 0 Å². The second-order valence-corrected chi connectivity index (χ2v) is 4.84. The zero-order chi connectivity index (χ0) is 12.6. The third-order valence-corrected chi connectivity index (χ3v) is 3.09. The number of rotatable bonds is 8. The number of carbonyl (C=O) groups is 2. The van der Waals surface area contributed by atoms with Gasteiger partial charge >= 0.3 is 5.97 Å². The first-order chi connectivity index (χ1) is 7.43. The fraction of sp³-hybridized carbons (Fsp3) is 0.846. The molecule has 0 aliphatic carbocycles. The van der Waals surface area contributed by atoms with E-state index in [0.717, 1.165) is 25.7 Å². The maximum absolute atomic E-state index is 11.1. The number of hydrogen-bond acceptors (Lipinski definition) is 3. The van der Waals surface area contributed by atoms with Gasteiger partial charge in [0.05, 0.1) is 7.11 Å².